The Labute approximate surface area is 125 Å². The van der Waals surface area contributed by atoms with Crippen LogP contribution in [-0.4, -0.2) is 77.1 Å². The van der Waals surface area contributed by atoms with Gasteiger partial charge in [-0.05, 0) is 18.9 Å². The highest BCUT2D eigenvalue weighted by Gasteiger charge is 2.41. The van der Waals surface area contributed by atoms with Crippen LogP contribution >= 0.6 is 0 Å². The molecule has 0 saturated carbocycles. The fourth-order valence-corrected chi connectivity index (χ4v) is 4.17. The van der Waals surface area contributed by atoms with Crippen LogP contribution in [0.3, 0.4) is 0 Å². The van der Waals surface area contributed by atoms with Gasteiger partial charge in [-0.3, -0.25) is 9.58 Å². The van der Waals surface area contributed by atoms with E-state index in [0.29, 0.717) is 32.0 Å². The van der Waals surface area contributed by atoms with Crippen LogP contribution in [0.2, 0.25) is 0 Å². The topological polar surface area (TPSA) is 78.7 Å². The molecule has 1 N–H and O–H groups in total. The molecule has 0 amide bonds. The van der Waals surface area contributed by atoms with Gasteiger partial charge in [0.1, 0.15) is 0 Å². The molecule has 8 heteroatoms. The van der Waals surface area contributed by atoms with Crippen LogP contribution in [-0.2, 0) is 10.0 Å². The van der Waals surface area contributed by atoms with Crippen molar-refractivity contribution in [2.75, 3.05) is 39.0 Å². The Morgan fingerprint density at radius 2 is 2.19 bits per heavy atom. The number of hydrogen-bond donors (Lipinski definition) is 1. The van der Waals surface area contributed by atoms with E-state index in [4.69, 9.17) is 0 Å². The van der Waals surface area contributed by atoms with Gasteiger partial charge in [-0.15, -0.1) is 0 Å². The molecular formula is C13H22N4O3S. The molecule has 0 aromatic carbocycles. The number of aromatic nitrogens is 2. The summed E-state index contributed by atoms with van der Waals surface area (Å²) in [5, 5.41) is 14.9. The molecule has 7 nitrogen and oxygen atoms in total. The van der Waals surface area contributed by atoms with E-state index in [1.807, 2.05) is 16.9 Å². The van der Waals surface area contributed by atoms with Crippen LogP contribution < -0.4 is 0 Å². The van der Waals surface area contributed by atoms with Crippen LogP contribution in [0.1, 0.15) is 18.9 Å². The highest BCUT2D eigenvalue weighted by molar-refractivity contribution is 7.88. The summed E-state index contributed by atoms with van der Waals surface area (Å²) in [4.78, 5) is 2.16. The van der Waals surface area contributed by atoms with Gasteiger partial charge in [0.15, 0.2) is 0 Å². The molecule has 3 heterocycles. The number of rotatable bonds is 4. The maximum atomic E-state index is 11.6. The number of β-amino-alcohol motifs (C(OH)–C–C–N with tert-alkyl or cyclic N) is 1. The number of sulfonamides is 1. The quantitative estimate of drug-likeness (QED) is 0.812. The lowest BCUT2D eigenvalue weighted by Gasteiger charge is -2.46. The Hall–Kier alpha value is -0.960. The van der Waals surface area contributed by atoms with E-state index in [9.17, 15) is 13.5 Å². The maximum absolute atomic E-state index is 11.6. The van der Waals surface area contributed by atoms with Crippen LogP contribution in [0.15, 0.2) is 18.5 Å². The van der Waals surface area contributed by atoms with Crippen LogP contribution in [0.5, 0.6) is 0 Å². The van der Waals surface area contributed by atoms with Crippen molar-refractivity contribution in [2.45, 2.75) is 24.5 Å². The van der Waals surface area contributed by atoms with Crippen molar-refractivity contribution in [1.82, 2.24) is 19.0 Å². The van der Waals surface area contributed by atoms with E-state index < -0.39 is 15.6 Å². The van der Waals surface area contributed by atoms with Crippen molar-refractivity contribution in [3.8, 4) is 0 Å². The normalized spacial score (nSPS) is 29.4. The lowest BCUT2D eigenvalue weighted by atomic mass is 9.92. The van der Waals surface area contributed by atoms with Crippen molar-refractivity contribution < 1.29 is 13.5 Å². The van der Waals surface area contributed by atoms with E-state index in [-0.39, 0.29) is 6.54 Å². The molecule has 2 saturated heterocycles. The van der Waals surface area contributed by atoms with Gasteiger partial charge in [-0.25, -0.2) is 8.42 Å². The molecule has 2 aliphatic heterocycles. The molecule has 118 valence electrons. The average molecular weight is 314 g/mol. The fraction of sp³-hybridized carbons (Fsp3) is 0.769. The van der Waals surface area contributed by atoms with Crippen molar-refractivity contribution in [3.05, 3.63) is 18.5 Å². The predicted octanol–water partition coefficient (Wildman–Crippen LogP) is -0.474. The van der Waals surface area contributed by atoms with E-state index >= 15 is 0 Å². The lowest BCUT2D eigenvalue weighted by molar-refractivity contribution is -0.0580. The van der Waals surface area contributed by atoms with Gasteiger partial charge in [0.2, 0.25) is 10.0 Å². The third kappa shape index (κ3) is 3.28. The first-order chi connectivity index (χ1) is 9.86. The largest absolute Gasteiger partial charge is 0.387 e. The molecule has 2 fully saturated rings. The molecule has 21 heavy (non-hydrogen) atoms. The first kappa shape index (κ1) is 15.0. The minimum absolute atomic E-state index is 0.203. The van der Waals surface area contributed by atoms with Gasteiger partial charge in [-0.1, -0.05) is 0 Å². The summed E-state index contributed by atoms with van der Waals surface area (Å²) in [6, 6.07) is 2.26. The molecule has 1 aromatic rings. The van der Waals surface area contributed by atoms with Crippen LogP contribution in [0.4, 0.5) is 0 Å². The predicted molar refractivity (Wildman–Crippen MR) is 78.3 cm³/mol. The Bertz CT molecular complexity index is 583. The van der Waals surface area contributed by atoms with Crippen LogP contribution in [0, 0.1) is 0 Å². The summed E-state index contributed by atoms with van der Waals surface area (Å²) in [7, 11) is -3.23. The Morgan fingerprint density at radius 1 is 1.43 bits per heavy atom. The summed E-state index contributed by atoms with van der Waals surface area (Å²) in [6.07, 6.45) is 6.28. The second-order valence-electron chi connectivity index (χ2n) is 6.26. The Kier molecular flexibility index (Phi) is 3.81. The number of piperidine rings is 1. The van der Waals surface area contributed by atoms with Gasteiger partial charge in [-0.2, -0.15) is 9.40 Å². The summed E-state index contributed by atoms with van der Waals surface area (Å²) in [5.74, 6) is 0. The highest BCUT2D eigenvalue weighted by Crippen LogP contribution is 2.28. The molecule has 0 spiro atoms. The maximum Gasteiger partial charge on any atom is 0.211 e. The summed E-state index contributed by atoms with van der Waals surface area (Å²) < 4.78 is 26.6. The van der Waals surface area contributed by atoms with Gasteiger partial charge in [0.05, 0.1) is 17.9 Å². The standard InChI is InChI=1S/C13H22N4O3S/c1-21(19,20)16-6-2-4-13(18,11-16)10-15-8-12(9-15)17-7-3-5-14-17/h3,5,7,12,18H,2,4,6,8-11H2,1H3. The number of likely N-dealkylation sites (tertiary alicyclic amines) is 1. The number of aliphatic hydroxyl groups is 1. The van der Waals surface area contributed by atoms with Gasteiger partial charge < -0.3 is 5.11 Å². The fourth-order valence-electron chi connectivity index (χ4n) is 3.23. The summed E-state index contributed by atoms with van der Waals surface area (Å²) in [6.45, 7) is 2.94. The number of hydrogen-bond acceptors (Lipinski definition) is 5. The zero-order valence-electron chi connectivity index (χ0n) is 12.2. The van der Waals surface area contributed by atoms with Crippen LogP contribution in [0.25, 0.3) is 0 Å². The summed E-state index contributed by atoms with van der Waals surface area (Å²) in [5.41, 5.74) is -0.934. The molecule has 1 aromatic heterocycles. The van der Waals surface area contributed by atoms with Gasteiger partial charge in [0.25, 0.3) is 0 Å². The second-order valence-corrected chi connectivity index (χ2v) is 8.24. The third-order valence-electron chi connectivity index (χ3n) is 4.34. The third-order valence-corrected chi connectivity index (χ3v) is 5.59. The molecule has 0 bridgehead atoms. The Balaban J connectivity index is 1.55. The molecular weight excluding hydrogens is 292 g/mol. The summed E-state index contributed by atoms with van der Waals surface area (Å²) >= 11 is 0. The monoisotopic (exact) mass is 314 g/mol. The zero-order chi connectivity index (χ0) is 15.1. The van der Waals surface area contributed by atoms with Gasteiger partial charge in [0, 0.05) is 45.1 Å². The zero-order valence-corrected chi connectivity index (χ0v) is 13.0. The molecule has 0 radical (unpaired) electrons. The van der Waals surface area contributed by atoms with Crippen molar-refractivity contribution in [2.24, 2.45) is 0 Å². The average Bonchev–Trinajstić information content (AvgIpc) is 2.85. The molecule has 2 aliphatic rings. The highest BCUT2D eigenvalue weighted by atomic mass is 32.2. The van der Waals surface area contributed by atoms with E-state index in [2.05, 4.69) is 10.00 Å². The van der Waals surface area contributed by atoms with Crippen molar-refractivity contribution >= 4 is 10.0 Å². The SMILES string of the molecule is CS(=O)(=O)N1CCCC(O)(CN2CC(n3cccn3)C2)C1. The van der Waals surface area contributed by atoms with E-state index in [1.165, 1.54) is 10.6 Å². The molecule has 0 aliphatic carbocycles. The smallest absolute Gasteiger partial charge is 0.211 e. The van der Waals surface area contributed by atoms with E-state index in [0.717, 1.165) is 13.1 Å². The minimum atomic E-state index is -3.23. The van der Waals surface area contributed by atoms with Crippen molar-refractivity contribution in [1.29, 1.82) is 0 Å². The number of nitrogens with zero attached hydrogens (tertiary/aromatic N) is 4. The molecule has 1 unspecified atom stereocenters. The molecule has 1 atom stereocenters. The lowest BCUT2D eigenvalue weighted by Crippen LogP contribution is -2.59. The van der Waals surface area contributed by atoms with Crippen molar-refractivity contribution in [3.63, 3.8) is 0 Å². The first-order valence-electron chi connectivity index (χ1n) is 7.25. The van der Waals surface area contributed by atoms with E-state index in [1.54, 1.807) is 6.20 Å². The Morgan fingerprint density at radius 3 is 2.81 bits per heavy atom. The molecule has 3 rings (SSSR count). The van der Waals surface area contributed by atoms with Gasteiger partial charge >= 0.3 is 0 Å². The minimum Gasteiger partial charge on any atom is -0.387 e. The first-order valence-corrected chi connectivity index (χ1v) is 9.10. The second kappa shape index (κ2) is 5.35.